The van der Waals surface area contributed by atoms with Gasteiger partial charge in [0.1, 0.15) is 0 Å². The monoisotopic (exact) mass is 412 g/mol. The lowest BCUT2D eigenvalue weighted by molar-refractivity contribution is 0.0786. The van der Waals surface area contributed by atoms with Gasteiger partial charge in [-0.05, 0) is 68.0 Å². The molecule has 0 spiro atoms. The van der Waals surface area contributed by atoms with Gasteiger partial charge in [0.2, 0.25) is 0 Å². The molecule has 1 atom stereocenters. The first-order valence-corrected chi connectivity index (χ1v) is 10.1. The van der Waals surface area contributed by atoms with Crippen LogP contribution in [0.4, 0.5) is 0 Å². The zero-order chi connectivity index (χ0) is 18.3. The number of aromatic nitrogens is 1. The van der Waals surface area contributed by atoms with Crippen LogP contribution in [0.5, 0.6) is 0 Å². The van der Waals surface area contributed by atoms with Gasteiger partial charge in [0.15, 0.2) is 0 Å². The van der Waals surface area contributed by atoms with Crippen molar-refractivity contribution >= 4 is 26.8 Å². The van der Waals surface area contributed by atoms with Crippen molar-refractivity contribution in [3.8, 4) is 0 Å². The van der Waals surface area contributed by atoms with Gasteiger partial charge in [-0.1, -0.05) is 40.2 Å². The van der Waals surface area contributed by atoms with Gasteiger partial charge in [0, 0.05) is 33.7 Å². The van der Waals surface area contributed by atoms with E-state index >= 15 is 0 Å². The lowest BCUT2D eigenvalue weighted by Gasteiger charge is -2.24. The van der Waals surface area contributed by atoms with Gasteiger partial charge in [-0.2, -0.15) is 0 Å². The molecule has 0 saturated heterocycles. The summed E-state index contributed by atoms with van der Waals surface area (Å²) in [5, 5.41) is 15.2. The minimum atomic E-state index is -0.789. The molecule has 1 heterocycles. The zero-order valence-corrected chi connectivity index (χ0v) is 16.9. The first kappa shape index (κ1) is 17.8. The van der Waals surface area contributed by atoms with Crippen LogP contribution < -0.4 is 5.32 Å². The van der Waals surface area contributed by atoms with Crippen molar-refractivity contribution in [1.29, 1.82) is 0 Å². The summed E-state index contributed by atoms with van der Waals surface area (Å²) >= 11 is 3.59. The normalized spacial score (nSPS) is 17.5. The van der Waals surface area contributed by atoms with Crippen LogP contribution >= 0.6 is 15.9 Å². The van der Waals surface area contributed by atoms with Crippen molar-refractivity contribution in [2.75, 3.05) is 0 Å². The molecule has 2 aromatic carbocycles. The molecular weight excluding hydrogens is 388 g/mol. The van der Waals surface area contributed by atoms with Crippen LogP contribution in [0.2, 0.25) is 0 Å². The summed E-state index contributed by atoms with van der Waals surface area (Å²) in [6, 6.07) is 15.1. The molecule has 0 amide bonds. The first-order valence-electron chi connectivity index (χ1n) is 9.27. The largest absolute Gasteiger partial charge is 0.386 e. The summed E-state index contributed by atoms with van der Waals surface area (Å²) in [6.45, 7) is 4.46. The van der Waals surface area contributed by atoms with Crippen molar-refractivity contribution in [3.63, 3.8) is 0 Å². The standard InChI is InChI=1S/C22H25BrN2O/c1-22(2,26)15-8-6-14(7-9-15)13-24-20-5-3-4-17-18-12-16(23)10-11-19(18)25-21(17)20/h6-12,20,24-26H,3-5,13H2,1-2H3/t20-/m1/s1. The number of hydrogen-bond acceptors (Lipinski definition) is 2. The van der Waals surface area contributed by atoms with E-state index in [2.05, 4.69) is 56.6 Å². The van der Waals surface area contributed by atoms with E-state index in [1.54, 1.807) is 0 Å². The number of H-pyrrole nitrogens is 1. The fourth-order valence-electron chi connectivity index (χ4n) is 3.91. The minimum Gasteiger partial charge on any atom is -0.386 e. The van der Waals surface area contributed by atoms with E-state index in [0.29, 0.717) is 6.04 Å². The van der Waals surface area contributed by atoms with Crippen molar-refractivity contribution < 1.29 is 5.11 Å². The Morgan fingerprint density at radius 2 is 1.96 bits per heavy atom. The average Bonchev–Trinajstić information content (AvgIpc) is 2.98. The minimum absolute atomic E-state index is 0.360. The summed E-state index contributed by atoms with van der Waals surface area (Å²) in [5.74, 6) is 0. The summed E-state index contributed by atoms with van der Waals surface area (Å²) in [5.41, 5.74) is 5.43. The van der Waals surface area contributed by atoms with Crippen molar-refractivity contribution in [2.24, 2.45) is 0 Å². The zero-order valence-electron chi connectivity index (χ0n) is 15.3. The Kier molecular flexibility index (Phi) is 4.68. The lowest BCUT2D eigenvalue weighted by atomic mass is 9.91. The highest BCUT2D eigenvalue weighted by atomic mass is 79.9. The molecule has 0 saturated carbocycles. The molecule has 0 aliphatic heterocycles. The second-order valence-electron chi connectivity index (χ2n) is 7.79. The SMILES string of the molecule is CC(C)(O)c1ccc(CN[C@@H]2CCCc3c2[nH]c2ccc(Br)cc32)cc1. The summed E-state index contributed by atoms with van der Waals surface area (Å²) in [7, 11) is 0. The Labute approximate surface area is 163 Å². The van der Waals surface area contributed by atoms with Crippen molar-refractivity contribution in [1.82, 2.24) is 10.3 Å². The van der Waals surface area contributed by atoms with E-state index in [1.807, 2.05) is 26.0 Å². The number of halogens is 1. The van der Waals surface area contributed by atoms with Gasteiger partial charge in [-0.15, -0.1) is 0 Å². The second-order valence-corrected chi connectivity index (χ2v) is 8.70. The molecule has 1 aliphatic rings. The maximum atomic E-state index is 10.1. The number of fused-ring (bicyclic) bond motifs is 3. The predicted octanol–water partition coefficient (Wildman–Crippen LogP) is 5.33. The highest BCUT2D eigenvalue weighted by Crippen LogP contribution is 2.36. The van der Waals surface area contributed by atoms with Crippen LogP contribution in [-0.2, 0) is 18.6 Å². The third kappa shape index (κ3) is 3.46. The summed E-state index contributed by atoms with van der Waals surface area (Å²) < 4.78 is 1.13. The van der Waals surface area contributed by atoms with Crippen LogP contribution in [0, 0.1) is 0 Å². The quantitative estimate of drug-likeness (QED) is 0.542. The molecule has 26 heavy (non-hydrogen) atoms. The van der Waals surface area contributed by atoms with Gasteiger partial charge in [0.05, 0.1) is 5.60 Å². The van der Waals surface area contributed by atoms with Gasteiger partial charge >= 0.3 is 0 Å². The molecule has 0 bridgehead atoms. The van der Waals surface area contributed by atoms with Crippen LogP contribution in [-0.4, -0.2) is 10.1 Å². The third-order valence-electron chi connectivity index (χ3n) is 5.38. The Balaban J connectivity index is 1.53. The van der Waals surface area contributed by atoms with Gasteiger partial charge in [0.25, 0.3) is 0 Å². The molecular formula is C22H25BrN2O. The fourth-order valence-corrected chi connectivity index (χ4v) is 4.27. The van der Waals surface area contributed by atoms with Crippen molar-refractivity contribution in [3.05, 3.63) is 69.3 Å². The number of aryl methyl sites for hydroxylation is 1. The third-order valence-corrected chi connectivity index (χ3v) is 5.88. The summed E-state index contributed by atoms with van der Waals surface area (Å²) in [4.78, 5) is 3.64. The molecule has 0 fully saturated rings. The van der Waals surface area contributed by atoms with E-state index in [0.717, 1.165) is 29.4 Å². The molecule has 3 N–H and O–H groups in total. The number of rotatable bonds is 4. The van der Waals surface area contributed by atoms with Crippen LogP contribution in [0.3, 0.4) is 0 Å². The first-order chi connectivity index (χ1) is 12.4. The maximum absolute atomic E-state index is 10.1. The van der Waals surface area contributed by atoms with Gasteiger partial charge in [-0.25, -0.2) is 0 Å². The molecule has 136 valence electrons. The second kappa shape index (κ2) is 6.84. The molecule has 0 radical (unpaired) electrons. The maximum Gasteiger partial charge on any atom is 0.0840 e. The highest BCUT2D eigenvalue weighted by molar-refractivity contribution is 9.10. The number of hydrogen-bond donors (Lipinski definition) is 3. The van der Waals surface area contributed by atoms with Gasteiger partial charge < -0.3 is 15.4 Å². The molecule has 4 heteroatoms. The number of nitrogens with one attached hydrogen (secondary N) is 2. The van der Waals surface area contributed by atoms with E-state index in [-0.39, 0.29) is 0 Å². The topological polar surface area (TPSA) is 48.0 Å². The van der Waals surface area contributed by atoms with Gasteiger partial charge in [-0.3, -0.25) is 0 Å². The predicted molar refractivity (Wildman–Crippen MR) is 110 cm³/mol. The molecule has 0 unspecified atom stereocenters. The lowest BCUT2D eigenvalue weighted by Crippen LogP contribution is -2.25. The molecule has 1 aliphatic carbocycles. The van der Waals surface area contributed by atoms with E-state index < -0.39 is 5.60 Å². The Morgan fingerprint density at radius 3 is 2.69 bits per heavy atom. The van der Waals surface area contributed by atoms with Crippen LogP contribution in [0.25, 0.3) is 10.9 Å². The van der Waals surface area contributed by atoms with E-state index in [9.17, 15) is 5.11 Å². The Hall–Kier alpha value is -1.62. The van der Waals surface area contributed by atoms with Crippen molar-refractivity contribution in [2.45, 2.75) is 51.3 Å². The number of benzene rings is 2. The number of aliphatic hydroxyl groups is 1. The highest BCUT2D eigenvalue weighted by Gasteiger charge is 2.24. The molecule has 3 aromatic rings. The summed E-state index contributed by atoms with van der Waals surface area (Å²) in [6.07, 6.45) is 3.51. The molecule has 4 rings (SSSR count). The number of aromatic amines is 1. The van der Waals surface area contributed by atoms with Crippen LogP contribution in [0.1, 0.15) is 55.1 Å². The fraction of sp³-hybridized carbons (Fsp3) is 0.364. The molecule has 1 aromatic heterocycles. The Morgan fingerprint density at radius 1 is 1.19 bits per heavy atom. The van der Waals surface area contributed by atoms with E-state index in [1.165, 1.54) is 34.1 Å². The van der Waals surface area contributed by atoms with Crippen LogP contribution in [0.15, 0.2) is 46.9 Å². The average molecular weight is 413 g/mol. The van der Waals surface area contributed by atoms with E-state index in [4.69, 9.17) is 0 Å². The molecule has 3 nitrogen and oxygen atoms in total. The smallest absolute Gasteiger partial charge is 0.0840 e. The Bertz CT molecular complexity index is 922.